The largest absolute Gasteiger partial charge is 0.504 e. The molecule has 3 heterocycles. The number of hydrogen-bond donors (Lipinski definition) is 5. The minimum Gasteiger partial charge on any atom is -0.504 e. The Hall–Kier alpha value is -3.37. The highest BCUT2D eigenvalue weighted by molar-refractivity contribution is 5.99. The summed E-state index contributed by atoms with van der Waals surface area (Å²) in [5.74, 6) is -0.610. The van der Waals surface area contributed by atoms with Crippen molar-refractivity contribution >= 4 is 5.78 Å². The number of rotatable bonds is 10. The first-order chi connectivity index (χ1) is 20.2. The zero-order valence-electron chi connectivity index (χ0n) is 23.2. The summed E-state index contributed by atoms with van der Waals surface area (Å²) < 4.78 is 44.4. The van der Waals surface area contributed by atoms with Gasteiger partial charge in [-0.1, -0.05) is 0 Å². The summed E-state index contributed by atoms with van der Waals surface area (Å²) in [6, 6.07) is 6.14. The molecule has 5 N–H and O–H groups in total. The van der Waals surface area contributed by atoms with E-state index in [0.29, 0.717) is 22.8 Å². The van der Waals surface area contributed by atoms with E-state index < -0.39 is 55.3 Å². The smallest absolute Gasteiger partial charge is 0.231 e. The Bertz CT molecular complexity index is 1280. The number of hydrogen-bond acceptors (Lipinski definition) is 14. The molecule has 5 rings (SSSR count). The maximum atomic E-state index is 13.9. The topological polar surface area (TPSA) is 192 Å². The van der Waals surface area contributed by atoms with Crippen molar-refractivity contribution < 1.29 is 68.2 Å². The van der Waals surface area contributed by atoms with Crippen LogP contribution in [-0.2, 0) is 14.2 Å². The van der Waals surface area contributed by atoms with Gasteiger partial charge in [-0.3, -0.25) is 4.79 Å². The van der Waals surface area contributed by atoms with Crippen LogP contribution < -0.4 is 23.7 Å². The number of benzene rings is 2. The summed E-state index contributed by atoms with van der Waals surface area (Å²) in [7, 11) is 4.24. The Morgan fingerprint density at radius 1 is 0.952 bits per heavy atom. The predicted molar refractivity (Wildman–Crippen MR) is 140 cm³/mol. The van der Waals surface area contributed by atoms with Gasteiger partial charge in [-0.25, -0.2) is 0 Å². The zero-order valence-corrected chi connectivity index (χ0v) is 23.2. The fourth-order valence-corrected chi connectivity index (χ4v) is 5.51. The van der Waals surface area contributed by atoms with Gasteiger partial charge >= 0.3 is 0 Å². The quantitative estimate of drug-likeness (QED) is 0.234. The zero-order chi connectivity index (χ0) is 30.1. The molecule has 8 atom stereocenters. The Kier molecular flexibility index (Phi) is 8.94. The van der Waals surface area contributed by atoms with Crippen molar-refractivity contribution in [2.75, 3.05) is 47.9 Å². The third-order valence-electron chi connectivity index (χ3n) is 7.75. The van der Waals surface area contributed by atoms with Gasteiger partial charge in [-0.2, -0.15) is 0 Å². The number of phenols is 1. The lowest BCUT2D eigenvalue weighted by molar-refractivity contribution is -0.304. The fraction of sp³-hybridized carbons (Fsp3) is 0.536. The molecule has 0 amide bonds. The highest BCUT2D eigenvalue weighted by Gasteiger charge is 2.47. The monoisotopic (exact) mass is 594 g/mol. The van der Waals surface area contributed by atoms with Crippen molar-refractivity contribution in [1.82, 2.24) is 0 Å². The lowest BCUT2D eigenvalue weighted by Gasteiger charge is -2.40. The molecule has 42 heavy (non-hydrogen) atoms. The van der Waals surface area contributed by atoms with E-state index in [9.17, 15) is 30.3 Å². The summed E-state index contributed by atoms with van der Waals surface area (Å²) in [6.07, 6.45) is -8.24. The van der Waals surface area contributed by atoms with Gasteiger partial charge in [0.2, 0.25) is 18.3 Å². The molecule has 0 spiro atoms. The second-order valence-corrected chi connectivity index (χ2v) is 10.1. The highest BCUT2D eigenvalue weighted by atomic mass is 16.7. The van der Waals surface area contributed by atoms with Gasteiger partial charge in [-0.05, 0) is 29.8 Å². The van der Waals surface area contributed by atoms with E-state index in [1.54, 1.807) is 18.2 Å². The molecule has 2 aromatic carbocycles. The first-order valence-corrected chi connectivity index (χ1v) is 13.2. The van der Waals surface area contributed by atoms with E-state index >= 15 is 0 Å². The second kappa shape index (κ2) is 12.5. The van der Waals surface area contributed by atoms with E-state index in [2.05, 4.69) is 0 Å². The van der Waals surface area contributed by atoms with Crippen LogP contribution in [0.5, 0.6) is 34.5 Å². The second-order valence-electron chi connectivity index (χ2n) is 10.1. The Balaban J connectivity index is 1.47. The van der Waals surface area contributed by atoms with Gasteiger partial charge in [0.1, 0.15) is 24.4 Å². The van der Waals surface area contributed by atoms with Crippen LogP contribution >= 0.6 is 0 Å². The number of ketones is 1. The molecule has 0 radical (unpaired) electrons. The van der Waals surface area contributed by atoms with Gasteiger partial charge in [-0.15, -0.1) is 0 Å². The molecule has 0 saturated carbocycles. The fourth-order valence-electron chi connectivity index (χ4n) is 5.51. The van der Waals surface area contributed by atoms with Gasteiger partial charge < -0.3 is 63.4 Å². The lowest BCUT2D eigenvalue weighted by Crippen LogP contribution is -2.59. The average Bonchev–Trinajstić information content (AvgIpc) is 3.65. The molecule has 2 aromatic rings. The van der Waals surface area contributed by atoms with E-state index in [-0.39, 0.29) is 48.6 Å². The van der Waals surface area contributed by atoms with Crippen LogP contribution in [0.3, 0.4) is 0 Å². The van der Waals surface area contributed by atoms with Crippen molar-refractivity contribution in [2.24, 2.45) is 11.8 Å². The number of Topliss-reactive ketones (excluding diaryl/α,β-unsaturated/α-hetero) is 1. The molecular formula is C28H34O14. The number of ether oxygens (including phenoxy) is 8. The van der Waals surface area contributed by atoms with Crippen molar-refractivity contribution in [3.05, 3.63) is 35.4 Å². The standard InChI is InChI=1S/C28H34O14/c1-35-17-7-13(4-16(30)26(17)37-3)25-15(10-39-28-24(34)23(33)22(32)20(8-29)42-28)14(9-38-25)21(31)12-5-18(36-2)27-19(6-12)40-11-41-27/h4-7,14-15,20,22-25,28-30,32-34H,8-11H2,1-3H3/t14?,15?,20-,22-,23+,24-,25?,28-/m1/s1. The molecule has 3 aliphatic rings. The SMILES string of the molecule is COc1cc(C2OCC(C(=O)c3cc(OC)c4c(c3)OCO4)C2CO[C@@H]2O[C@H](CO)[C@@H](O)[C@H](O)[C@H]2O)cc(O)c1OC. The molecule has 14 nitrogen and oxygen atoms in total. The van der Waals surface area contributed by atoms with E-state index in [4.69, 9.17) is 37.9 Å². The summed E-state index contributed by atoms with van der Waals surface area (Å²) in [4.78, 5) is 13.9. The van der Waals surface area contributed by atoms with Crippen molar-refractivity contribution in [2.45, 2.75) is 36.8 Å². The minimum absolute atomic E-state index is 0.0176. The van der Waals surface area contributed by atoms with E-state index in [1.165, 1.54) is 27.4 Å². The van der Waals surface area contributed by atoms with Crippen molar-refractivity contribution in [3.8, 4) is 34.5 Å². The van der Waals surface area contributed by atoms with Gasteiger partial charge in [0.25, 0.3) is 0 Å². The van der Waals surface area contributed by atoms with Crippen molar-refractivity contribution in [1.29, 1.82) is 0 Å². The first-order valence-electron chi connectivity index (χ1n) is 13.2. The number of methoxy groups -OCH3 is 3. The van der Waals surface area contributed by atoms with E-state index in [0.717, 1.165) is 0 Å². The van der Waals surface area contributed by atoms with Crippen LogP contribution in [0.4, 0.5) is 0 Å². The summed E-state index contributed by atoms with van der Waals surface area (Å²) in [5.41, 5.74) is 0.740. The van der Waals surface area contributed by atoms with Crippen LogP contribution in [0.2, 0.25) is 0 Å². The Morgan fingerprint density at radius 3 is 2.40 bits per heavy atom. The summed E-state index contributed by atoms with van der Waals surface area (Å²) in [5, 5.41) is 51.0. The van der Waals surface area contributed by atoms with Gasteiger partial charge in [0, 0.05) is 11.5 Å². The van der Waals surface area contributed by atoms with Crippen LogP contribution in [0, 0.1) is 11.8 Å². The molecule has 3 aliphatic heterocycles. The third-order valence-corrected chi connectivity index (χ3v) is 7.75. The molecule has 2 fully saturated rings. The van der Waals surface area contributed by atoms with Crippen LogP contribution in [0.15, 0.2) is 24.3 Å². The van der Waals surface area contributed by atoms with Crippen LogP contribution in [-0.4, -0.2) is 110 Å². The molecule has 0 aromatic heterocycles. The maximum Gasteiger partial charge on any atom is 0.231 e. The van der Waals surface area contributed by atoms with Crippen molar-refractivity contribution in [3.63, 3.8) is 0 Å². The minimum atomic E-state index is -1.64. The third kappa shape index (κ3) is 5.42. The average molecular weight is 595 g/mol. The molecule has 0 aliphatic carbocycles. The first kappa shape index (κ1) is 30.1. The molecular weight excluding hydrogens is 560 g/mol. The molecule has 0 bridgehead atoms. The molecule has 14 heteroatoms. The number of carbonyl (C=O) groups excluding carboxylic acids is 1. The summed E-state index contributed by atoms with van der Waals surface area (Å²) in [6.45, 7) is -0.896. The van der Waals surface area contributed by atoms with E-state index in [1.807, 2.05) is 0 Å². The molecule has 2 saturated heterocycles. The number of aromatic hydroxyl groups is 1. The lowest BCUT2D eigenvalue weighted by atomic mass is 9.83. The van der Waals surface area contributed by atoms with Gasteiger partial charge in [0.15, 0.2) is 35.1 Å². The van der Waals surface area contributed by atoms with Crippen LogP contribution in [0.25, 0.3) is 0 Å². The Labute approximate surface area is 240 Å². The van der Waals surface area contributed by atoms with Crippen LogP contribution in [0.1, 0.15) is 22.0 Å². The number of aliphatic hydroxyl groups is 4. The normalized spacial score (nSPS) is 30.3. The molecule has 3 unspecified atom stereocenters. The number of carbonyl (C=O) groups is 1. The highest BCUT2D eigenvalue weighted by Crippen LogP contribution is 2.47. The number of aliphatic hydroxyl groups excluding tert-OH is 4. The summed E-state index contributed by atoms with van der Waals surface area (Å²) >= 11 is 0. The number of fused-ring (bicyclic) bond motifs is 1. The predicted octanol–water partition coefficient (Wildman–Crippen LogP) is 0.150. The van der Waals surface area contributed by atoms with Gasteiger partial charge in [0.05, 0.1) is 53.2 Å². The number of phenolic OH excluding ortho intramolecular Hbond substituents is 1. The Morgan fingerprint density at radius 2 is 1.71 bits per heavy atom. The molecule has 230 valence electrons. The maximum absolute atomic E-state index is 13.9.